The second-order valence-corrected chi connectivity index (χ2v) is 7.83. The number of hydrazine groups is 1. The van der Waals surface area contributed by atoms with E-state index < -0.39 is 10.0 Å². The molecule has 2 heterocycles. The van der Waals surface area contributed by atoms with Gasteiger partial charge in [-0.1, -0.05) is 0 Å². The number of nitrogens with one attached hydrogen (secondary N) is 1. The van der Waals surface area contributed by atoms with Gasteiger partial charge < -0.3 is 4.42 Å². The van der Waals surface area contributed by atoms with Crippen LogP contribution in [0, 0.1) is 5.92 Å². The molecule has 0 spiro atoms. The second-order valence-electron chi connectivity index (χ2n) is 5.85. The highest BCUT2D eigenvalue weighted by atomic mass is 32.2. The molecule has 0 amide bonds. The fourth-order valence-corrected chi connectivity index (χ4v) is 3.91. The van der Waals surface area contributed by atoms with E-state index in [9.17, 15) is 8.42 Å². The molecule has 21 heavy (non-hydrogen) atoms. The van der Waals surface area contributed by atoms with Gasteiger partial charge in [-0.15, -0.1) is 0 Å². The molecule has 2 rings (SSSR count). The summed E-state index contributed by atoms with van der Waals surface area (Å²) in [5.41, 5.74) is 2.86. The van der Waals surface area contributed by atoms with Crippen molar-refractivity contribution in [1.82, 2.24) is 9.73 Å². The SMILES string of the molecule is CS(=O)(=O)N1CCCC(CC(CCc2ccco2)NN)C1. The average Bonchev–Trinajstić information content (AvgIpc) is 2.96. The predicted molar refractivity (Wildman–Crippen MR) is 81.9 cm³/mol. The second kappa shape index (κ2) is 7.40. The maximum atomic E-state index is 11.6. The zero-order valence-corrected chi connectivity index (χ0v) is 13.3. The normalized spacial score (nSPS) is 22.3. The van der Waals surface area contributed by atoms with E-state index in [0.717, 1.165) is 37.9 Å². The molecule has 7 heteroatoms. The summed E-state index contributed by atoms with van der Waals surface area (Å²) in [7, 11) is -3.08. The van der Waals surface area contributed by atoms with Gasteiger partial charge in [-0.05, 0) is 43.7 Å². The van der Waals surface area contributed by atoms with Crippen molar-refractivity contribution in [3.05, 3.63) is 24.2 Å². The quantitative estimate of drug-likeness (QED) is 0.581. The lowest BCUT2D eigenvalue weighted by Gasteiger charge is -2.32. The standard InChI is InChI=1S/C14H25N3O3S/c1-21(18,19)17-8-2-4-12(11-17)10-13(16-15)6-7-14-5-3-9-20-14/h3,5,9,12-13,16H,2,4,6-8,10-11,15H2,1H3. The Morgan fingerprint density at radius 1 is 1.57 bits per heavy atom. The predicted octanol–water partition coefficient (Wildman–Crippen LogP) is 1.11. The molecule has 0 saturated carbocycles. The van der Waals surface area contributed by atoms with Crippen molar-refractivity contribution >= 4 is 10.0 Å². The molecule has 0 radical (unpaired) electrons. The molecule has 6 nitrogen and oxygen atoms in total. The number of rotatable bonds is 7. The fourth-order valence-electron chi connectivity index (χ4n) is 2.96. The molecule has 0 aromatic carbocycles. The first-order valence-corrected chi connectivity index (χ1v) is 9.27. The number of hydrogen-bond acceptors (Lipinski definition) is 5. The van der Waals surface area contributed by atoms with Crippen LogP contribution < -0.4 is 11.3 Å². The van der Waals surface area contributed by atoms with E-state index in [1.807, 2.05) is 12.1 Å². The first-order chi connectivity index (χ1) is 9.99. The lowest BCUT2D eigenvalue weighted by molar-refractivity contribution is 0.234. The van der Waals surface area contributed by atoms with Crippen molar-refractivity contribution in [3.63, 3.8) is 0 Å². The molecular weight excluding hydrogens is 290 g/mol. The van der Waals surface area contributed by atoms with Gasteiger partial charge in [-0.25, -0.2) is 12.7 Å². The van der Waals surface area contributed by atoms with Crippen molar-refractivity contribution < 1.29 is 12.8 Å². The van der Waals surface area contributed by atoms with Crippen LogP contribution in [-0.4, -0.2) is 38.1 Å². The number of nitrogens with two attached hydrogens (primary N) is 1. The summed E-state index contributed by atoms with van der Waals surface area (Å²) in [5.74, 6) is 6.96. The van der Waals surface area contributed by atoms with Crippen LogP contribution in [0.3, 0.4) is 0 Å². The highest BCUT2D eigenvalue weighted by Gasteiger charge is 2.27. The molecular formula is C14H25N3O3S. The van der Waals surface area contributed by atoms with Gasteiger partial charge in [0.05, 0.1) is 12.5 Å². The van der Waals surface area contributed by atoms with Gasteiger partial charge >= 0.3 is 0 Å². The maximum absolute atomic E-state index is 11.6. The van der Waals surface area contributed by atoms with E-state index in [1.165, 1.54) is 6.26 Å². The van der Waals surface area contributed by atoms with Crippen LogP contribution in [-0.2, 0) is 16.4 Å². The van der Waals surface area contributed by atoms with Crippen LogP contribution in [0.5, 0.6) is 0 Å². The third-order valence-corrected chi connectivity index (χ3v) is 5.39. The lowest BCUT2D eigenvalue weighted by atomic mass is 9.91. The minimum atomic E-state index is -3.08. The highest BCUT2D eigenvalue weighted by molar-refractivity contribution is 7.88. The van der Waals surface area contributed by atoms with Gasteiger partial charge in [0.25, 0.3) is 0 Å². The van der Waals surface area contributed by atoms with Gasteiger partial charge in [0.2, 0.25) is 10.0 Å². The Morgan fingerprint density at radius 2 is 2.38 bits per heavy atom. The Hall–Kier alpha value is -0.890. The Labute approximate surface area is 126 Å². The highest BCUT2D eigenvalue weighted by Crippen LogP contribution is 2.23. The summed E-state index contributed by atoms with van der Waals surface area (Å²) in [6.45, 7) is 1.25. The van der Waals surface area contributed by atoms with E-state index in [4.69, 9.17) is 10.3 Å². The first kappa shape index (κ1) is 16.5. The van der Waals surface area contributed by atoms with Gasteiger partial charge in [0, 0.05) is 25.6 Å². The van der Waals surface area contributed by atoms with Gasteiger partial charge in [0.15, 0.2) is 0 Å². The Morgan fingerprint density at radius 3 is 3.00 bits per heavy atom. The van der Waals surface area contributed by atoms with Crippen LogP contribution >= 0.6 is 0 Å². The van der Waals surface area contributed by atoms with Crippen LogP contribution in [0.25, 0.3) is 0 Å². The molecule has 1 aromatic heterocycles. The van der Waals surface area contributed by atoms with E-state index in [-0.39, 0.29) is 6.04 Å². The molecule has 1 aromatic rings. The van der Waals surface area contributed by atoms with Crippen LogP contribution in [0.1, 0.15) is 31.4 Å². The van der Waals surface area contributed by atoms with Crippen LogP contribution in [0.2, 0.25) is 0 Å². The first-order valence-electron chi connectivity index (χ1n) is 7.42. The third-order valence-electron chi connectivity index (χ3n) is 4.12. The minimum absolute atomic E-state index is 0.180. The summed E-state index contributed by atoms with van der Waals surface area (Å²) < 4.78 is 30.2. The number of sulfonamides is 1. The molecule has 1 aliphatic rings. The molecule has 120 valence electrons. The average molecular weight is 315 g/mol. The van der Waals surface area contributed by atoms with E-state index >= 15 is 0 Å². The van der Waals surface area contributed by atoms with Gasteiger partial charge in [-0.2, -0.15) is 0 Å². The Balaban J connectivity index is 1.83. The van der Waals surface area contributed by atoms with E-state index in [1.54, 1.807) is 10.6 Å². The van der Waals surface area contributed by atoms with Crippen molar-refractivity contribution in [2.75, 3.05) is 19.3 Å². The van der Waals surface area contributed by atoms with E-state index in [2.05, 4.69) is 5.43 Å². The number of nitrogens with zero attached hydrogens (tertiary/aromatic N) is 1. The van der Waals surface area contributed by atoms with Crippen molar-refractivity contribution in [2.24, 2.45) is 11.8 Å². The minimum Gasteiger partial charge on any atom is -0.469 e. The molecule has 1 saturated heterocycles. The molecule has 1 aliphatic heterocycles. The monoisotopic (exact) mass is 315 g/mol. The fraction of sp³-hybridized carbons (Fsp3) is 0.714. The molecule has 3 N–H and O–H groups in total. The van der Waals surface area contributed by atoms with Crippen molar-refractivity contribution in [3.8, 4) is 0 Å². The number of hydrogen-bond donors (Lipinski definition) is 2. The molecule has 0 bridgehead atoms. The van der Waals surface area contributed by atoms with Crippen molar-refractivity contribution in [1.29, 1.82) is 0 Å². The molecule has 2 atom stereocenters. The zero-order valence-electron chi connectivity index (χ0n) is 12.5. The van der Waals surface area contributed by atoms with Gasteiger partial charge in [-0.3, -0.25) is 11.3 Å². The Kier molecular flexibility index (Phi) is 5.80. The van der Waals surface area contributed by atoms with Crippen LogP contribution in [0.4, 0.5) is 0 Å². The van der Waals surface area contributed by atoms with Gasteiger partial charge in [0.1, 0.15) is 5.76 Å². The third kappa shape index (κ3) is 5.10. The smallest absolute Gasteiger partial charge is 0.211 e. The lowest BCUT2D eigenvalue weighted by Crippen LogP contribution is -2.43. The molecule has 1 fully saturated rings. The van der Waals surface area contributed by atoms with Crippen LogP contribution in [0.15, 0.2) is 22.8 Å². The van der Waals surface area contributed by atoms with Crippen molar-refractivity contribution in [2.45, 2.75) is 38.1 Å². The largest absolute Gasteiger partial charge is 0.469 e. The topological polar surface area (TPSA) is 88.6 Å². The number of piperidine rings is 1. The molecule has 0 aliphatic carbocycles. The maximum Gasteiger partial charge on any atom is 0.211 e. The summed E-state index contributed by atoms with van der Waals surface area (Å²) in [5, 5.41) is 0. The molecule has 2 unspecified atom stereocenters. The zero-order chi connectivity index (χ0) is 15.3. The Bertz CT molecular complexity index is 516. The summed E-state index contributed by atoms with van der Waals surface area (Å²) in [6, 6.07) is 4.02. The van der Waals surface area contributed by atoms with E-state index in [0.29, 0.717) is 19.0 Å². The summed E-state index contributed by atoms with van der Waals surface area (Å²) in [6.07, 6.45) is 7.56. The number of aryl methyl sites for hydroxylation is 1. The number of furan rings is 1. The summed E-state index contributed by atoms with van der Waals surface area (Å²) in [4.78, 5) is 0. The summed E-state index contributed by atoms with van der Waals surface area (Å²) >= 11 is 0.